The van der Waals surface area contributed by atoms with Gasteiger partial charge in [-0.05, 0) is 66.5 Å². The zero-order chi connectivity index (χ0) is 25.7. The van der Waals surface area contributed by atoms with Gasteiger partial charge in [-0.15, -0.1) is 0 Å². The molecule has 4 aromatic rings. The lowest BCUT2D eigenvalue weighted by Gasteiger charge is -2.17. The number of carbonyl (C=O) groups is 3. The van der Waals surface area contributed by atoms with Crippen LogP contribution in [0.4, 0.5) is 0 Å². The number of aromatic carboxylic acids is 1. The summed E-state index contributed by atoms with van der Waals surface area (Å²) in [5.74, 6) is -1.62. The van der Waals surface area contributed by atoms with Crippen LogP contribution in [0.3, 0.4) is 0 Å². The van der Waals surface area contributed by atoms with E-state index in [2.05, 4.69) is 31.8 Å². The van der Waals surface area contributed by atoms with E-state index in [0.717, 1.165) is 35.1 Å². The maximum Gasteiger partial charge on any atom is 0.335 e. The molecule has 0 bridgehead atoms. The Kier molecular flexibility index (Phi) is 5.44. The molecule has 1 unspecified atom stereocenters. The summed E-state index contributed by atoms with van der Waals surface area (Å²) in [4.78, 5) is 46.5. The second-order valence-corrected chi connectivity index (χ2v) is 9.44. The Morgan fingerprint density at radius 2 is 1.73 bits per heavy atom. The molecule has 0 radical (unpaired) electrons. The largest absolute Gasteiger partial charge is 0.478 e. The lowest BCUT2D eigenvalue weighted by molar-refractivity contribution is 0.0695. The van der Waals surface area contributed by atoms with Gasteiger partial charge in [0.1, 0.15) is 17.7 Å². The predicted octanol–water partition coefficient (Wildman–Crippen LogP) is 2.97. The highest BCUT2D eigenvalue weighted by Crippen LogP contribution is 2.35. The number of nitrogens with zero attached hydrogens (tertiary/aromatic N) is 4. The van der Waals surface area contributed by atoms with Crippen LogP contribution in [0.25, 0.3) is 5.78 Å². The van der Waals surface area contributed by atoms with Gasteiger partial charge in [0.15, 0.2) is 0 Å². The quantitative estimate of drug-likeness (QED) is 0.386. The van der Waals surface area contributed by atoms with E-state index in [9.17, 15) is 19.5 Å². The number of carboxylic acid groups (broad SMARTS) is 1. The van der Waals surface area contributed by atoms with Crippen molar-refractivity contribution >= 4 is 23.6 Å². The van der Waals surface area contributed by atoms with Gasteiger partial charge in [-0.1, -0.05) is 30.3 Å². The third kappa shape index (κ3) is 3.90. The van der Waals surface area contributed by atoms with Gasteiger partial charge in [0, 0.05) is 6.07 Å². The Hall–Kier alpha value is -4.60. The van der Waals surface area contributed by atoms with Crippen LogP contribution >= 0.6 is 0 Å². The summed E-state index contributed by atoms with van der Waals surface area (Å²) < 4.78 is 1.31. The monoisotopic (exact) mass is 496 g/mol. The van der Waals surface area contributed by atoms with Gasteiger partial charge in [-0.2, -0.15) is 14.6 Å². The molecule has 2 amide bonds. The molecule has 0 saturated heterocycles. The highest BCUT2D eigenvalue weighted by molar-refractivity contribution is 5.98. The first-order valence-corrected chi connectivity index (χ1v) is 12.2. The number of aromatic nitrogens is 4. The van der Waals surface area contributed by atoms with E-state index < -0.39 is 11.9 Å². The molecule has 0 fully saturated rings. The summed E-state index contributed by atoms with van der Waals surface area (Å²) in [5, 5.41) is 19.6. The van der Waals surface area contributed by atoms with E-state index in [1.54, 1.807) is 19.1 Å². The number of nitrogens with one attached hydrogen (secondary N) is 2. The summed E-state index contributed by atoms with van der Waals surface area (Å²) in [6, 6.07) is 12.4. The Morgan fingerprint density at radius 1 is 0.973 bits per heavy atom. The van der Waals surface area contributed by atoms with Crippen LogP contribution in [0.15, 0.2) is 48.8 Å². The summed E-state index contributed by atoms with van der Waals surface area (Å²) >= 11 is 0. The van der Waals surface area contributed by atoms with Crippen LogP contribution in [0, 0.1) is 6.92 Å². The number of rotatable bonds is 5. The van der Waals surface area contributed by atoms with Crippen molar-refractivity contribution < 1.29 is 19.5 Å². The van der Waals surface area contributed by atoms with Crippen molar-refractivity contribution in [3.63, 3.8) is 0 Å². The molecule has 2 aliphatic rings. The highest BCUT2D eigenvalue weighted by atomic mass is 16.4. The van der Waals surface area contributed by atoms with E-state index in [-0.39, 0.29) is 40.7 Å². The number of aryl methyl sites for hydroxylation is 1. The zero-order valence-electron chi connectivity index (χ0n) is 20.1. The topological polar surface area (TPSA) is 139 Å². The van der Waals surface area contributed by atoms with Crippen molar-refractivity contribution in [2.24, 2.45) is 0 Å². The molecule has 0 aliphatic heterocycles. The number of amides is 2. The maximum absolute atomic E-state index is 13.4. The number of hydrogen-bond donors (Lipinski definition) is 3. The lowest BCUT2D eigenvalue weighted by atomic mass is 9.98. The molecule has 2 aliphatic carbocycles. The third-order valence-electron chi connectivity index (χ3n) is 7.38. The number of benzene rings is 2. The van der Waals surface area contributed by atoms with Crippen LogP contribution in [0.1, 0.15) is 84.1 Å². The molecule has 2 atom stereocenters. The maximum atomic E-state index is 13.4. The van der Waals surface area contributed by atoms with Gasteiger partial charge in [0.25, 0.3) is 17.6 Å². The Bertz CT molecular complexity index is 1590. The van der Waals surface area contributed by atoms with E-state index in [1.807, 2.05) is 18.2 Å². The number of carboxylic acids is 1. The fourth-order valence-corrected chi connectivity index (χ4v) is 5.52. The molecular formula is C27H24N6O4. The van der Waals surface area contributed by atoms with Crippen molar-refractivity contribution in [1.29, 1.82) is 0 Å². The molecule has 186 valence electrons. The van der Waals surface area contributed by atoms with Crippen LogP contribution < -0.4 is 10.6 Å². The summed E-state index contributed by atoms with van der Waals surface area (Å²) in [7, 11) is 0. The summed E-state index contributed by atoms with van der Waals surface area (Å²) in [6.07, 6.45) is 4.29. The van der Waals surface area contributed by atoms with E-state index in [0.29, 0.717) is 12.8 Å². The molecule has 10 heteroatoms. The molecule has 3 N–H and O–H groups in total. The van der Waals surface area contributed by atoms with E-state index in [1.165, 1.54) is 22.5 Å². The molecule has 6 rings (SSSR count). The van der Waals surface area contributed by atoms with Crippen molar-refractivity contribution in [2.75, 3.05) is 0 Å². The van der Waals surface area contributed by atoms with Gasteiger partial charge < -0.3 is 15.7 Å². The minimum Gasteiger partial charge on any atom is -0.478 e. The van der Waals surface area contributed by atoms with Crippen LogP contribution in [-0.4, -0.2) is 42.5 Å². The Balaban J connectivity index is 1.26. The van der Waals surface area contributed by atoms with Gasteiger partial charge in [0.05, 0.1) is 17.6 Å². The fourth-order valence-electron chi connectivity index (χ4n) is 5.52. The smallest absolute Gasteiger partial charge is 0.335 e. The molecule has 37 heavy (non-hydrogen) atoms. The van der Waals surface area contributed by atoms with Gasteiger partial charge in [-0.3, -0.25) is 9.59 Å². The molecule has 2 aromatic carbocycles. The minimum atomic E-state index is -0.968. The van der Waals surface area contributed by atoms with Gasteiger partial charge in [0.2, 0.25) is 0 Å². The Morgan fingerprint density at radius 3 is 2.57 bits per heavy atom. The SMILES string of the molecule is Cc1c(C(=O)O)ccc2c1CC[C@@H]2NC(=O)c1cc(C(=O)NC2CCc3ccccc32)nc2ncnn12. The first-order chi connectivity index (χ1) is 17.9. The molecule has 2 aromatic heterocycles. The first kappa shape index (κ1) is 22.8. The number of carbonyl (C=O) groups excluding carboxylic acids is 2. The van der Waals surface area contributed by atoms with Crippen molar-refractivity contribution in [2.45, 2.75) is 44.7 Å². The zero-order valence-corrected chi connectivity index (χ0v) is 20.1. The predicted molar refractivity (Wildman–Crippen MR) is 132 cm³/mol. The van der Waals surface area contributed by atoms with Gasteiger partial charge >= 0.3 is 5.97 Å². The average Bonchev–Trinajstić information content (AvgIpc) is 3.63. The third-order valence-corrected chi connectivity index (χ3v) is 7.38. The minimum absolute atomic E-state index is 0.0868. The van der Waals surface area contributed by atoms with E-state index in [4.69, 9.17) is 0 Å². The summed E-state index contributed by atoms with van der Waals surface area (Å²) in [6.45, 7) is 1.79. The van der Waals surface area contributed by atoms with Gasteiger partial charge in [-0.25, -0.2) is 9.78 Å². The standard InChI is InChI=1S/C27H24N6O4/c1-14-16-9-11-21(19(16)8-7-17(14)26(36)37)31-25(35)23-12-22(32-27-28-13-29-33(23)27)24(34)30-20-10-6-15-4-2-3-5-18(15)20/h2-5,7-8,12-13,20-21H,6,9-11H2,1H3,(H,30,34)(H,31,35)(H,36,37)/t20?,21-/m0/s1. The average molecular weight is 497 g/mol. The number of fused-ring (bicyclic) bond motifs is 3. The van der Waals surface area contributed by atoms with Crippen LogP contribution in [0.5, 0.6) is 0 Å². The Labute approximate surface area is 211 Å². The van der Waals surface area contributed by atoms with E-state index >= 15 is 0 Å². The normalized spacial score (nSPS) is 17.9. The first-order valence-electron chi connectivity index (χ1n) is 12.2. The molecular weight excluding hydrogens is 472 g/mol. The lowest BCUT2D eigenvalue weighted by Crippen LogP contribution is -2.31. The van der Waals surface area contributed by atoms with Crippen molar-refractivity contribution in [3.05, 3.63) is 93.6 Å². The molecule has 0 spiro atoms. The molecule has 2 heterocycles. The summed E-state index contributed by atoms with van der Waals surface area (Å²) in [5.41, 5.74) is 5.38. The molecule has 10 nitrogen and oxygen atoms in total. The number of hydrogen-bond acceptors (Lipinski definition) is 6. The van der Waals surface area contributed by atoms with Crippen molar-refractivity contribution in [3.8, 4) is 0 Å². The van der Waals surface area contributed by atoms with Crippen LogP contribution in [0.2, 0.25) is 0 Å². The fraction of sp³-hybridized carbons (Fsp3) is 0.259. The van der Waals surface area contributed by atoms with Crippen LogP contribution in [-0.2, 0) is 12.8 Å². The molecule has 0 saturated carbocycles. The second kappa shape index (κ2) is 8.81. The van der Waals surface area contributed by atoms with Crippen molar-refractivity contribution in [1.82, 2.24) is 30.2 Å². The highest BCUT2D eigenvalue weighted by Gasteiger charge is 2.30. The second-order valence-electron chi connectivity index (χ2n) is 9.44.